The Labute approximate surface area is 142 Å². The topological polar surface area (TPSA) is 76.9 Å². The van der Waals surface area contributed by atoms with Crippen molar-refractivity contribution in [3.05, 3.63) is 35.4 Å². The van der Waals surface area contributed by atoms with E-state index < -0.39 is 0 Å². The zero-order valence-electron chi connectivity index (χ0n) is 13.4. The van der Waals surface area contributed by atoms with Crippen LogP contribution in [-0.4, -0.2) is 17.1 Å². The summed E-state index contributed by atoms with van der Waals surface area (Å²) in [5.41, 5.74) is 6.17. The number of benzene rings is 1. The highest BCUT2D eigenvalue weighted by molar-refractivity contribution is 7.80. The number of amides is 1. The summed E-state index contributed by atoms with van der Waals surface area (Å²) in [5, 5.41) is 12.6. The van der Waals surface area contributed by atoms with Crippen molar-refractivity contribution in [2.75, 3.05) is 0 Å². The highest BCUT2D eigenvalue weighted by atomic mass is 32.1. The predicted octanol–water partition coefficient (Wildman–Crippen LogP) is 2.49. The zero-order chi connectivity index (χ0) is 16.8. The molecule has 1 aliphatic carbocycles. The molecule has 1 aliphatic rings. The lowest BCUT2D eigenvalue weighted by Gasteiger charge is -2.35. The van der Waals surface area contributed by atoms with Gasteiger partial charge in [0.25, 0.3) is 5.91 Å². The molecule has 5 nitrogen and oxygen atoms in total. The van der Waals surface area contributed by atoms with E-state index in [-0.39, 0.29) is 5.91 Å². The monoisotopic (exact) mass is 330 g/mol. The van der Waals surface area contributed by atoms with Gasteiger partial charge in [-0.2, -0.15) is 5.26 Å². The molecule has 1 aromatic rings. The maximum atomic E-state index is 12.1. The molecule has 0 saturated heterocycles. The normalized spacial score (nSPS) is 23.4. The van der Waals surface area contributed by atoms with Crippen LogP contribution in [0, 0.1) is 23.2 Å². The van der Waals surface area contributed by atoms with Gasteiger partial charge in [0.15, 0.2) is 5.11 Å². The fraction of sp³-hybridized carbons (Fsp3) is 0.471. The van der Waals surface area contributed by atoms with E-state index in [1.807, 2.05) is 6.07 Å². The van der Waals surface area contributed by atoms with Crippen molar-refractivity contribution in [2.45, 2.75) is 39.2 Å². The number of thiocarbonyl (C=S) groups is 1. The molecule has 6 heteroatoms. The summed E-state index contributed by atoms with van der Waals surface area (Å²) < 4.78 is 0. The number of hydrogen-bond acceptors (Lipinski definition) is 3. The number of carbonyl (C=O) groups excluding carboxylic acids is 1. The number of nitrogens with zero attached hydrogens (tertiary/aromatic N) is 1. The Bertz CT molecular complexity index is 625. The molecule has 0 bridgehead atoms. The number of carbonyl (C=O) groups is 1. The van der Waals surface area contributed by atoms with Gasteiger partial charge in [0.2, 0.25) is 0 Å². The van der Waals surface area contributed by atoms with E-state index >= 15 is 0 Å². The average molecular weight is 330 g/mol. The highest BCUT2D eigenvalue weighted by Gasteiger charge is 2.27. The van der Waals surface area contributed by atoms with Crippen LogP contribution in [0.1, 0.15) is 49.0 Å². The molecule has 0 spiro atoms. The van der Waals surface area contributed by atoms with Crippen LogP contribution < -0.4 is 16.2 Å². The molecule has 23 heavy (non-hydrogen) atoms. The fourth-order valence-corrected chi connectivity index (χ4v) is 3.11. The smallest absolute Gasteiger partial charge is 0.269 e. The third kappa shape index (κ3) is 4.67. The van der Waals surface area contributed by atoms with Gasteiger partial charge in [-0.05, 0) is 48.7 Å². The Balaban J connectivity index is 1.84. The second-order valence-electron chi connectivity index (χ2n) is 6.12. The van der Waals surface area contributed by atoms with Crippen molar-refractivity contribution in [3.63, 3.8) is 0 Å². The minimum atomic E-state index is -0.323. The Kier molecular flexibility index (Phi) is 5.94. The van der Waals surface area contributed by atoms with Gasteiger partial charge in [-0.15, -0.1) is 0 Å². The number of hydrogen-bond donors (Lipinski definition) is 3. The van der Waals surface area contributed by atoms with Gasteiger partial charge >= 0.3 is 0 Å². The molecule has 1 amide bonds. The van der Waals surface area contributed by atoms with Crippen molar-refractivity contribution >= 4 is 23.2 Å². The van der Waals surface area contributed by atoms with Crippen LogP contribution in [-0.2, 0) is 0 Å². The summed E-state index contributed by atoms with van der Waals surface area (Å²) in [6.07, 6.45) is 3.54. The van der Waals surface area contributed by atoms with E-state index in [4.69, 9.17) is 17.5 Å². The molecule has 0 radical (unpaired) electrons. The van der Waals surface area contributed by atoms with E-state index in [1.54, 1.807) is 24.3 Å². The zero-order valence-corrected chi connectivity index (χ0v) is 14.2. The molecule has 0 aliphatic heterocycles. The summed E-state index contributed by atoms with van der Waals surface area (Å²) in [4.78, 5) is 12.1. The van der Waals surface area contributed by atoms with Crippen LogP contribution in [0.25, 0.3) is 0 Å². The van der Waals surface area contributed by atoms with Gasteiger partial charge in [0, 0.05) is 11.6 Å². The van der Waals surface area contributed by atoms with Gasteiger partial charge < -0.3 is 5.32 Å². The first-order chi connectivity index (χ1) is 11.0. The van der Waals surface area contributed by atoms with E-state index in [1.165, 1.54) is 12.8 Å². The third-order valence-electron chi connectivity index (χ3n) is 4.57. The van der Waals surface area contributed by atoms with Crippen molar-refractivity contribution < 1.29 is 4.79 Å². The van der Waals surface area contributed by atoms with Gasteiger partial charge in [0.1, 0.15) is 0 Å². The summed E-state index contributed by atoms with van der Waals surface area (Å²) in [5.74, 6) is 0.898. The first kappa shape index (κ1) is 17.2. The lowest BCUT2D eigenvalue weighted by atomic mass is 9.78. The van der Waals surface area contributed by atoms with Gasteiger partial charge in [-0.3, -0.25) is 15.6 Å². The molecule has 3 atom stereocenters. The lowest BCUT2D eigenvalue weighted by molar-refractivity contribution is 0.0943. The second kappa shape index (κ2) is 7.93. The number of hydrazine groups is 1. The molecule has 122 valence electrons. The molecule has 2 rings (SSSR count). The van der Waals surface area contributed by atoms with E-state index in [0.29, 0.717) is 34.1 Å². The summed E-state index contributed by atoms with van der Waals surface area (Å²) in [6.45, 7) is 4.50. The molecule has 0 unspecified atom stereocenters. The third-order valence-corrected chi connectivity index (χ3v) is 4.79. The van der Waals surface area contributed by atoms with Crippen LogP contribution in [0.15, 0.2) is 24.3 Å². The van der Waals surface area contributed by atoms with Crippen molar-refractivity contribution in [3.8, 4) is 6.07 Å². The molecule has 1 saturated carbocycles. The molecule has 0 heterocycles. The predicted molar refractivity (Wildman–Crippen MR) is 93.5 cm³/mol. The largest absolute Gasteiger partial charge is 0.358 e. The molecular formula is C17H22N4OS. The maximum absolute atomic E-state index is 12.1. The van der Waals surface area contributed by atoms with Crippen LogP contribution in [0.3, 0.4) is 0 Å². The van der Waals surface area contributed by atoms with Crippen molar-refractivity contribution in [1.82, 2.24) is 16.2 Å². The minimum absolute atomic E-state index is 0.323. The standard InChI is InChI=1S/C17H22N4OS/c1-11-5-3-8-15(12(11)2)19-17(23)21-20-16(22)14-7-4-6-13(9-14)10-18/h4,6-7,9,11-12,15H,3,5,8H2,1-2H3,(H,20,22)(H2,19,21,23)/t11-,12-,15+/m1/s1. The van der Waals surface area contributed by atoms with Gasteiger partial charge in [-0.1, -0.05) is 32.8 Å². The van der Waals surface area contributed by atoms with Crippen LogP contribution in [0.4, 0.5) is 0 Å². The highest BCUT2D eigenvalue weighted by Crippen LogP contribution is 2.29. The minimum Gasteiger partial charge on any atom is -0.358 e. The van der Waals surface area contributed by atoms with E-state index in [0.717, 1.165) is 6.42 Å². The van der Waals surface area contributed by atoms with E-state index in [9.17, 15) is 4.79 Å². The Morgan fingerprint density at radius 1 is 1.30 bits per heavy atom. The summed E-state index contributed by atoms with van der Waals surface area (Å²) in [7, 11) is 0. The average Bonchev–Trinajstić information content (AvgIpc) is 2.57. The first-order valence-electron chi connectivity index (χ1n) is 7.88. The fourth-order valence-electron chi connectivity index (χ4n) is 2.91. The number of nitrogens with one attached hydrogen (secondary N) is 3. The maximum Gasteiger partial charge on any atom is 0.269 e. The van der Waals surface area contributed by atoms with Crippen LogP contribution in [0.5, 0.6) is 0 Å². The van der Waals surface area contributed by atoms with Gasteiger partial charge in [0.05, 0.1) is 11.6 Å². The van der Waals surface area contributed by atoms with Crippen LogP contribution in [0.2, 0.25) is 0 Å². The Hall–Kier alpha value is -2.13. The molecule has 1 aromatic carbocycles. The second-order valence-corrected chi connectivity index (χ2v) is 6.53. The molecule has 3 N–H and O–H groups in total. The van der Waals surface area contributed by atoms with Gasteiger partial charge in [-0.25, -0.2) is 0 Å². The van der Waals surface area contributed by atoms with Crippen molar-refractivity contribution in [1.29, 1.82) is 5.26 Å². The summed E-state index contributed by atoms with van der Waals surface area (Å²) >= 11 is 5.25. The number of nitriles is 1. The Morgan fingerprint density at radius 2 is 2.09 bits per heavy atom. The quantitative estimate of drug-likeness (QED) is 0.574. The van der Waals surface area contributed by atoms with E-state index in [2.05, 4.69) is 30.0 Å². The summed E-state index contributed by atoms with van der Waals surface area (Å²) in [6, 6.07) is 8.87. The SMILES string of the molecule is C[C@@H]1[C@H](C)CCC[C@@H]1NC(=S)NNC(=O)c1cccc(C#N)c1. The van der Waals surface area contributed by atoms with Crippen molar-refractivity contribution in [2.24, 2.45) is 11.8 Å². The number of rotatable bonds is 2. The lowest BCUT2D eigenvalue weighted by Crippen LogP contribution is -2.52. The molecule has 0 aromatic heterocycles. The molecule has 1 fully saturated rings. The van der Waals surface area contributed by atoms with Crippen LogP contribution >= 0.6 is 12.2 Å². The Morgan fingerprint density at radius 3 is 2.83 bits per heavy atom. The first-order valence-corrected chi connectivity index (χ1v) is 8.29. The molecular weight excluding hydrogens is 308 g/mol.